The molecule has 0 radical (unpaired) electrons. The van der Waals surface area contributed by atoms with Gasteiger partial charge in [0.2, 0.25) is 0 Å². The highest BCUT2D eigenvalue weighted by atomic mass is 16.7. The molecule has 4 rings (SSSR count). The minimum atomic E-state index is -1.60. The zero-order valence-corrected chi connectivity index (χ0v) is 23.2. The monoisotopic (exact) mass is 588 g/mol. The molecule has 228 valence electrons. The molecule has 4 aliphatic rings. The third kappa shape index (κ3) is 7.49. The predicted molar refractivity (Wildman–Crippen MR) is 126 cm³/mol. The summed E-state index contributed by atoms with van der Waals surface area (Å²) in [6, 6.07) is 0. The van der Waals surface area contributed by atoms with Gasteiger partial charge in [-0.3, -0.25) is 33.6 Å². The number of hydrogen-bond acceptors (Lipinski definition) is 16. The summed E-state index contributed by atoms with van der Waals surface area (Å²) < 4.78 is 48.6. The van der Waals surface area contributed by atoms with E-state index in [4.69, 9.17) is 42.6 Å². The molecule has 16 heteroatoms. The predicted octanol–water partition coefficient (Wildman–Crippen LogP) is -0.879. The van der Waals surface area contributed by atoms with E-state index in [1.165, 1.54) is 0 Å². The van der Waals surface area contributed by atoms with Crippen molar-refractivity contribution in [2.75, 3.05) is 13.7 Å². The molecule has 0 N–H and O–H groups in total. The Balaban J connectivity index is 2.00. The van der Waals surface area contributed by atoms with Crippen LogP contribution in [0, 0.1) is 11.8 Å². The first-order valence-corrected chi connectivity index (χ1v) is 12.6. The van der Waals surface area contributed by atoms with Crippen LogP contribution in [0.3, 0.4) is 0 Å². The van der Waals surface area contributed by atoms with E-state index >= 15 is 0 Å². The van der Waals surface area contributed by atoms with Crippen molar-refractivity contribution in [3.8, 4) is 0 Å². The van der Waals surface area contributed by atoms with Crippen LogP contribution in [-0.4, -0.2) is 105 Å². The molecule has 10 atom stereocenters. The molecule has 1 saturated carbocycles. The van der Waals surface area contributed by atoms with Crippen LogP contribution in [0.5, 0.6) is 0 Å². The number of fused-ring (bicyclic) bond motifs is 3. The molecule has 0 aromatic carbocycles. The lowest BCUT2D eigenvalue weighted by atomic mass is 9.71. The molecule has 3 saturated heterocycles. The molecule has 16 nitrogen and oxygen atoms in total. The number of esters is 7. The second-order valence-electron chi connectivity index (χ2n) is 9.60. The van der Waals surface area contributed by atoms with Gasteiger partial charge in [0.15, 0.2) is 30.7 Å². The average Bonchev–Trinajstić information content (AvgIpc) is 2.85. The van der Waals surface area contributed by atoms with Crippen LogP contribution in [0.4, 0.5) is 0 Å². The van der Waals surface area contributed by atoms with Crippen LogP contribution in [0.15, 0.2) is 0 Å². The van der Waals surface area contributed by atoms with E-state index in [0.717, 1.165) is 41.7 Å². The summed E-state index contributed by atoms with van der Waals surface area (Å²) in [5.41, 5.74) is 0. The van der Waals surface area contributed by atoms with Crippen molar-refractivity contribution in [1.82, 2.24) is 0 Å². The van der Waals surface area contributed by atoms with Crippen LogP contribution in [0.25, 0.3) is 0 Å². The molecule has 41 heavy (non-hydrogen) atoms. The van der Waals surface area contributed by atoms with Crippen LogP contribution < -0.4 is 0 Å². The Labute approximate surface area is 234 Å². The van der Waals surface area contributed by atoms with E-state index in [1.807, 2.05) is 0 Å². The average molecular weight is 589 g/mol. The lowest BCUT2D eigenvalue weighted by molar-refractivity contribution is -0.330. The summed E-state index contributed by atoms with van der Waals surface area (Å²) in [5.74, 6) is -8.28. The van der Waals surface area contributed by atoms with Crippen molar-refractivity contribution in [2.24, 2.45) is 11.8 Å². The topological polar surface area (TPSA) is 203 Å². The molecule has 0 amide bonds. The van der Waals surface area contributed by atoms with Gasteiger partial charge in [-0.1, -0.05) is 0 Å². The molecule has 0 aromatic rings. The third-order valence-electron chi connectivity index (χ3n) is 6.54. The second-order valence-corrected chi connectivity index (χ2v) is 9.60. The van der Waals surface area contributed by atoms with Crippen molar-refractivity contribution in [2.45, 2.75) is 90.1 Å². The fraction of sp³-hybridized carbons (Fsp3) is 0.720. The number of methoxy groups -OCH3 is 1. The second kappa shape index (κ2) is 13.2. The number of carbonyl (C=O) groups is 7. The van der Waals surface area contributed by atoms with Gasteiger partial charge >= 0.3 is 41.8 Å². The SMILES string of the molecule is COC(=O)[C@@H]1[C@@H](OC(C)=O)[C@H]2C[C@H](O[C@@H]3O[C@H](COC(C)=O)[C@@H](OC(C)=O)[C@H](OC(C)=O)[C@H]3OC(C)=O)[C@@H]1C(=O)O2. The molecule has 0 aromatic heterocycles. The van der Waals surface area contributed by atoms with E-state index < -0.39 is 109 Å². The quantitative estimate of drug-likeness (QED) is 0.237. The van der Waals surface area contributed by atoms with Crippen molar-refractivity contribution in [1.29, 1.82) is 0 Å². The highest BCUT2D eigenvalue weighted by Crippen LogP contribution is 2.44. The zero-order chi connectivity index (χ0) is 30.6. The van der Waals surface area contributed by atoms with Gasteiger partial charge in [0.25, 0.3) is 0 Å². The number of hydrogen-bond donors (Lipinski definition) is 0. The Hall–Kier alpha value is -3.79. The number of ether oxygens (including phenoxy) is 9. The smallest absolute Gasteiger partial charge is 0.313 e. The summed E-state index contributed by atoms with van der Waals surface area (Å²) in [7, 11) is 1.09. The molecule has 0 unspecified atom stereocenters. The van der Waals surface area contributed by atoms with Crippen LogP contribution in [0.1, 0.15) is 41.0 Å². The summed E-state index contributed by atoms with van der Waals surface area (Å²) in [4.78, 5) is 84.9. The van der Waals surface area contributed by atoms with Crippen LogP contribution in [0.2, 0.25) is 0 Å². The van der Waals surface area contributed by atoms with Crippen molar-refractivity contribution >= 4 is 41.8 Å². The summed E-state index contributed by atoms with van der Waals surface area (Å²) in [6.07, 6.45) is -10.8. The standard InChI is InChI=1S/C25H32O16/c1-9(26)34-8-16-20(36-11(3)28)21(37-12(4)29)22(38-13(5)30)25(41-16)40-14-7-15-19(35-10(2)27)18(23(31)33-6)17(14)24(32)39-15/h14-22,25H,7-8H2,1-6H3/t14-,15+,16+,17-,18-,19-,20+,21-,22+,25+/m0/s1. The molecular weight excluding hydrogens is 556 g/mol. The van der Waals surface area contributed by atoms with Crippen LogP contribution >= 0.6 is 0 Å². The molecule has 3 aliphatic heterocycles. The first kappa shape index (κ1) is 31.7. The van der Waals surface area contributed by atoms with Gasteiger partial charge in [-0.15, -0.1) is 0 Å². The van der Waals surface area contributed by atoms with Crippen molar-refractivity contribution in [3.63, 3.8) is 0 Å². The molecule has 1 aliphatic carbocycles. The molecule has 3 heterocycles. The molecule has 0 spiro atoms. The van der Waals surface area contributed by atoms with E-state index in [-0.39, 0.29) is 6.42 Å². The normalized spacial score (nSPS) is 34.0. The zero-order valence-electron chi connectivity index (χ0n) is 23.2. The molecule has 2 bridgehead atoms. The third-order valence-corrected chi connectivity index (χ3v) is 6.54. The fourth-order valence-electron chi connectivity index (χ4n) is 5.19. The summed E-state index contributed by atoms with van der Waals surface area (Å²) in [5, 5.41) is 0. The van der Waals surface area contributed by atoms with Crippen molar-refractivity contribution in [3.05, 3.63) is 0 Å². The van der Waals surface area contributed by atoms with Crippen molar-refractivity contribution < 1.29 is 76.2 Å². The maximum atomic E-state index is 12.9. The fourth-order valence-corrected chi connectivity index (χ4v) is 5.19. The van der Waals surface area contributed by atoms with E-state index in [0.29, 0.717) is 0 Å². The largest absolute Gasteiger partial charge is 0.469 e. The lowest BCUT2D eigenvalue weighted by Crippen LogP contribution is -2.66. The van der Waals surface area contributed by atoms with E-state index in [9.17, 15) is 33.6 Å². The molecular formula is C25H32O16. The maximum absolute atomic E-state index is 12.9. The first-order valence-electron chi connectivity index (χ1n) is 12.6. The van der Waals surface area contributed by atoms with Gasteiger partial charge in [0.05, 0.1) is 13.2 Å². The van der Waals surface area contributed by atoms with Gasteiger partial charge in [-0.25, -0.2) is 0 Å². The van der Waals surface area contributed by atoms with Crippen LogP contribution in [-0.2, 0) is 76.2 Å². The molecule has 4 fully saturated rings. The lowest BCUT2D eigenvalue weighted by Gasteiger charge is -2.50. The van der Waals surface area contributed by atoms with Gasteiger partial charge < -0.3 is 42.6 Å². The Bertz CT molecular complexity index is 1070. The Morgan fingerprint density at radius 1 is 0.756 bits per heavy atom. The van der Waals surface area contributed by atoms with Gasteiger partial charge in [0.1, 0.15) is 30.7 Å². The van der Waals surface area contributed by atoms with E-state index in [1.54, 1.807) is 0 Å². The highest BCUT2D eigenvalue weighted by Gasteiger charge is 2.62. The van der Waals surface area contributed by atoms with Gasteiger partial charge in [-0.05, 0) is 0 Å². The maximum Gasteiger partial charge on any atom is 0.313 e. The Kier molecular flexibility index (Phi) is 10.3. The van der Waals surface area contributed by atoms with E-state index in [2.05, 4.69) is 0 Å². The highest BCUT2D eigenvalue weighted by molar-refractivity contribution is 5.85. The summed E-state index contributed by atoms with van der Waals surface area (Å²) in [6.45, 7) is 4.96. The Morgan fingerprint density at radius 3 is 1.83 bits per heavy atom. The minimum absolute atomic E-state index is 0.0747. The number of rotatable bonds is 9. The Morgan fingerprint density at radius 2 is 1.29 bits per heavy atom. The first-order chi connectivity index (χ1) is 19.2. The van der Waals surface area contributed by atoms with Gasteiger partial charge in [-0.2, -0.15) is 0 Å². The minimum Gasteiger partial charge on any atom is -0.469 e. The number of carbonyl (C=O) groups excluding carboxylic acids is 7. The van der Waals surface area contributed by atoms with Gasteiger partial charge in [0, 0.05) is 41.0 Å². The summed E-state index contributed by atoms with van der Waals surface area (Å²) >= 11 is 0.